The second-order valence-electron chi connectivity index (χ2n) is 7.53. The lowest BCUT2D eigenvalue weighted by Crippen LogP contribution is -2.42. The Morgan fingerprint density at radius 2 is 1.13 bits per heavy atom. The van der Waals surface area contributed by atoms with E-state index in [1.165, 1.54) is 5.56 Å². The van der Waals surface area contributed by atoms with E-state index in [0.717, 1.165) is 11.1 Å². The Balaban J connectivity index is 1.39. The lowest BCUT2D eigenvalue weighted by atomic mass is 10.1. The molecule has 0 N–H and O–H groups in total. The number of thioether (sulfide) groups is 1. The van der Waals surface area contributed by atoms with Gasteiger partial charge in [-0.05, 0) is 28.2 Å². The molecule has 1 heterocycles. The molecule has 0 unspecified atom stereocenters. The van der Waals surface area contributed by atoms with E-state index in [1.807, 2.05) is 54.6 Å². The lowest BCUT2D eigenvalue weighted by molar-refractivity contribution is -0.0744. The standard InChI is InChI=1S/C27H28O3S/c1-4-10-22(11-5-1)18-28-21-26-27(30-20-24-14-8-3-9-15-24)25(16-17-31-26)29-19-23-12-6-2-7-13-23/h1-17,25-27H,18-21H2/t25-,26+,27+/m1/s1. The number of ether oxygens (including phenoxy) is 3. The van der Waals surface area contributed by atoms with E-state index in [0.29, 0.717) is 26.4 Å². The Kier molecular flexibility index (Phi) is 8.36. The van der Waals surface area contributed by atoms with Gasteiger partial charge >= 0.3 is 0 Å². The molecule has 0 spiro atoms. The van der Waals surface area contributed by atoms with E-state index >= 15 is 0 Å². The Labute approximate surface area is 189 Å². The van der Waals surface area contributed by atoms with Crippen LogP contribution in [0.1, 0.15) is 16.7 Å². The first-order chi connectivity index (χ1) is 15.4. The highest BCUT2D eigenvalue weighted by molar-refractivity contribution is 8.02. The molecule has 0 saturated heterocycles. The summed E-state index contributed by atoms with van der Waals surface area (Å²) >= 11 is 1.76. The summed E-state index contributed by atoms with van der Waals surface area (Å²) in [6.07, 6.45) is 1.90. The van der Waals surface area contributed by atoms with Crippen molar-refractivity contribution in [3.63, 3.8) is 0 Å². The van der Waals surface area contributed by atoms with Crippen LogP contribution in [0.5, 0.6) is 0 Å². The molecule has 0 saturated carbocycles. The number of hydrogen-bond acceptors (Lipinski definition) is 4. The molecular formula is C27H28O3S. The van der Waals surface area contributed by atoms with Crippen LogP contribution < -0.4 is 0 Å². The summed E-state index contributed by atoms with van der Waals surface area (Å²) < 4.78 is 18.8. The first-order valence-corrected chi connectivity index (χ1v) is 11.6. The van der Waals surface area contributed by atoms with Crippen molar-refractivity contribution in [3.8, 4) is 0 Å². The fraction of sp³-hybridized carbons (Fsp3) is 0.259. The largest absolute Gasteiger partial charge is 0.376 e. The minimum atomic E-state index is -0.115. The fourth-order valence-electron chi connectivity index (χ4n) is 3.51. The zero-order valence-electron chi connectivity index (χ0n) is 17.5. The second-order valence-corrected chi connectivity index (χ2v) is 8.68. The second kappa shape index (κ2) is 11.9. The molecule has 3 aromatic rings. The predicted molar refractivity (Wildman–Crippen MR) is 127 cm³/mol. The highest BCUT2D eigenvalue weighted by Gasteiger charge is 2.33. The van der Waals surface area contributed by atoms with Crippen molar-refractivity contribution in [1.82, 2.24) is 0 Å². The average Bonchev–Trinajstić information content (AvgIpc) is 2.84. The predicted octanol–water partition coefficient (Wildman–Crippen LogP) is 6.00. The van der Waals surface area contributed by atoms with Crippen LogP contribution in [0.4, 0.5) is 0 Å². The van der Waals surface area contributed by atoms with Gasteiger partial charge in [0, 0.05) is 0 Å². The quantitative estimate of drug-likeness (QED) is 0.393. The summed E-state index contributed by atoms with van der Waals surface area (Å²) in [6.45, 7) is 2.32. The van der Waals surface area contributed by atoms with Gasteiger partial charge in [0.1, 0.15) is 12.2 Å². The van der Waals surface area contributed by atoms with Crippen molar-refractivity contribution in [3.05, 3.63) is 119 Å². The molecule has 1 aliphatic rings. The zero-order valence-corrected chi connectivity index (χ0v) is 18.3. The molecule has 4 rings (SSSR count). The molecule has 3 atom stereocenters. The summed E-state index contributed by atoms with van der Waals surface area (Å²) in [5.74, 6) is 0. The van der Waals surface area contributed by atoms with Gasteiger partial charge in [0.2, 0.25) is 0 Å². The van der Waals surface area contributed by atoms with Gasteiger partial charge in [0.15, 0.2) is 0 Å². The molecule has 0 fully saturated rings. The van der Waals surface area contributed by atoms with Gasteiger partial charge in [-0.25, -0.2) is 0 Å². The Bertz CT molecular complexity index is 915. The van der Waals surface area contributed by atoms with E-state index in [-0.39, 0.29) is 17.5 Å². The number of hydrogen-bond donors (Lipinski definition) is 0. The van der Waals surface area contributed by atoms with Crippen LogP contribution in [0.3, 0.4) is 0 Å². The molecule has 1 aliphatic heterocycles. The van der Waals surface area contributed by atoms with Gasteiger partial charge < -0.3 is 14.2 Å². The van der Waals surface area contributed by atoms with Crippen molar-refractivity contribution >= 4 is 11.8 Å². The first kappa shape index (κ1) is 21.8. The highest BCUT2D eigenvalue weighted by atomic mass is 32.2. The van der Waals surface area contributed by atoms with Crippen molar-refractivity contribution in [2.24, 2.45) is 0 Å². The van der Waals surface area contributed by atoms with E-state index in [4.69, 9.17) is 14.2 Å². The van der Waals surface area contributed by atoms with Gasteiger partial charge in [-0.3, -0.25) is 0 Å². The Morgan fingerprint density at radius 3 is 1.71 bits per heavy atom. The molecule has 4 heteroatoms. The molecule has 0 bridgehead atoms. The van der Waals surface area contributed by atoms with Crippen LogP contribution in [0.15, 0.2) is 102 Å². The van der Waals surface area contributed by atoms with Gasteiger partial charge in [-0.2, -0.15) is 0 Å². The summed E-state index contributed by atoms with van der Waals surface area (Å²) in [4.78, 5) is 0. The normalized spacial score (nSPS) is 20.6. The summed E-state index contributed by atoms with van der Waals surface area (Å²) in [5, 5.41) is 2.28. The third kappa shape index (κ3) is 6.81. The fourth-order valence-corrected chi connectivity index (χ4v) is 4.52. The summed E-state index contributed by atoms with van der Waals surface area (Å²) in [7, 11) is 0. The third-order valence-corrected chi connectivity index (χ3v) is 6.24. The van der Waals surface area contributed by atoms with Crippen LogP contribution in [-0.4, -0.2) is 24.1 Å². The summed E-state index contributed by atoms with van der Waals surface area (Å²) in [6, 6.07) is 30.8. The molecular weight excluding hydrogens is 404 g/mol. The van der Waals surface area contributed by atoms with Gasteiger partial charge in [0.05, 0.1) is 31.7 Å². The van der Waals surface area contributed by atoms with Crippen molar-refractivity contribution in [2.75, 3.05) is 6.61 Å². The smallest absolute Gasteiger partial charge is 0.104 e. The molecule has 0 aromatic heterocycles. The summed E-state index contributed by atoms with van der Waals surface area (Å²) in [5.41, 5.74) is 3.50. The van der Waals surface area contributed by atoms with Crippen molar-refractivity contribution < 1.29 is 14.2 Å². The van der Waals surface area contributed by atoms with Crippen molar-refractivity contribution in [2.45, 2.75) is 37.3 Å². The first-order valence-electron chi connectivity index (χ1n) is 10.6. The van der Waals surface area contributed by atoms with E-state index in [2.05, 4.69) is 47.9 Å². The molecule has 0 aliphatic carbocycles. The van der Waals surface area contributed by atoms with E-state index < -0.39 is 0 Å². The van der Waals surface area contributed by atoms with Crippen LogP contribution in [0.2, 0.25) is 0 Å². The molecule has 3 aromatic carbocycles. The van der Waals surface area contributed by atoms with Crippen LogP contribution in [-0.2, 0) is 34.0 Å². The Morgan fingerprint density at radius 1 is 0.613 bits per heavy atom. The van der Waals surface area contributed by atoms with E-state index in [1.54, 1.807) is 11.8 Å². The monoisotopic (exact) mass is 432 g/mol. The Hall–Kier alpha value is -2.37. The SMILES string of the molecule is C1=C[C@@H](OCc2ccccc2)[C@H](OCc2ccccc2)[C@H](COCc2ccccc2)S1. The number of benzene rings is 3. The average molecular weight is 433 g/mol. The molecule has 3 nitrogen and oxygen atoms in total. The van der Waals surface area contributed by atoms with Gasteiger partial charge in [0.25, 0.3) is 0 Å². The van der Waals surface area contributed by atoms with Crippen molar-refractivity contribution in [1.29, 1.82) is 0 Å². The lowest BCUT2D eigenvalue weighted by Gasteiger charge is -2.34. The van der Waals surface area contributed by atoms with Gasteiger partial charge in [-0.15, -0.1) is 11.8 Å². The van der Waals surface area contributed by atoms with Crippen LogP contribution in [0, 0.1) is 0 Å². The molecule has 0 amide bonds. The minimum Gasteiger partial charge on any atom is -0.376 e. The molecule has 160 valence electrons. The number of rotatable bonds is 10. The maximum atomic E-state index is 6.41. The third-order valence-electron chi connectivity index (χ3n) is 5.18. The molecule has 0 radical (unpaired) electrons. The topological polar surface area (TPSA) is 27.7 Å². The maximum Gasteiger partial charge on any atom is 0.104 e. The minimum absolute atomic E-state index is 0.0882. The van der Waals surface area contributed by atoms with E-state index in [9.17, 15) is 0 Å². The zero-order chi connectivity index (χ0) is 21.1. The van der Waals surface area contributed by atoms with Crippen LogP contribution >= 0.6 is 11.8 Å². The van der Waals surface area contributed by atoms with Gasteiger partial charge in [-0.1, -0.05) is 91.0 Å². The molecule has 31 heavy (non-hydrogen) atoms. The maximum absolute atomic E-state index is 6.41. The van der Waals surface area contributed by atoms with Crippen LogP contribution in [0.25, 0.3) is 0 Å². The highest BCUT2D eigenvalue weighted by Crippen LogP contribution is 2.30.